The van der Waals surface area contributed by atoms with Gasteiger partial charge in [-0.1, -0.05) is 0 Å². The van der Waals surface area contributed by atoms with Gasteiger partial charge in [0.25, 0.3) is 0 Å². The van der Waals surface area contributed by atoms with E-state index < -0.39 is 21.9 Å². The second kappa shape index (κ2) is 8.14. The second-order valence-electron chi connectivity index (χ2n) is 6.79. The van der Waals surface area contributed by atoms with Gasteiger partial charge >= 0.3 is 16.9 Å². The summed E-state index contributed by atoms with van der Waals surface area (Å²) in [5, 5.41) is 15.9. The van der Waals surface area contributed by atoms with Crippen molar-refractivity contribution in [1.82, 2.24) is 18.9 Å². The monoisotopic (exact) mass is 423 g/mol. The number of hydrogen-bond donors (Lipinski definition) is 0. The van der Waals surface area contributed by atoms with Crippen LogP contribution in [0, 0.1) is 10.1 Å². The van der Waals surface area contributed by atoms with E-state index in [1.54, 1.807) is 42.3 Å². The summed E-state index contributed by atoms with van der Waals surface area (Å²) in [5.74, 6) is 0. The summed E-state index contributed by atoms with van der Waals surface area (Å²) < 4.78 is 13.6. The van der Waals surface area contributed by atoms with Crippen molar-refractivity contribution in [3.8, 4) is 0 Å². The summed E-state index contributed by atoms with van der Waals surface area (Å²) in [5.41, 5.74) is -0.709. The fraction of sp³-hybridized carbons (Fsp3) is 0.150. The minimum absolute atomic E-state index is 0.0193. The molecule has 4 aromatic rings. The van der Waals surface area contributed by atoms with Gasteiger partial charge in [-0.05, 0) is 24.3 Å². The van der Waals surface area contributed by atoms with Crippen molar-refractivity contribution in [2.75, 3.05) is 0 Å². The minimum Gasteiger partial charge on any atom is -0.472 e. The van der Waals surface area contributed by atoms with Gasteiger partial charge in [0.05, 0.1) is 49.3 Å². The molecule has 4 aromatic heterocycles. The van der Waals surface area contributed by atoms with Gasteiger partial charge in [0, 0.05) is 29.9 Å². The SMILES string of the molecule is Cn1cc(/C=C/c2c([N+](=O)[O-])c(=O)n(Cc3ccoc3)c(=O)n2Cc2ccoc2)cn1. The molecule has 0 aliphatic rings. The van der Waals surface area contributed by atoms with Gasteiger partial charge in [-0.3, -0.25) is 24.2 Å². The van der Waals surface area contributed by atoms with Crippen molar-refractivity contribution in [3.05, 3.63) is 103 Å². The Morgan fingerprint density at radius 2 is 1.71 bits per heavy atom. The van der Waals surface area contributed by atoms with Gasteiger partial charge < -0.3 is 8.83 Å². The van der Waals surface area contributed by atoms with Crippen LogP contribution >= 0.6 is 0 Å². The fourth-order valence-electron chi connectivity index (χ4n) is 3.17. The Labute approximate surface area is 174 Å². The molecule has 0 N–H and O–H groups in total. The van der Waals surface area contributed by atoms with Crippen LogP contribution in [0.2, 0.25) is 0 Å². The number of nitro groups is 1. The molecule has 0 spiro atoms. The smallest absolute Gasteiger partial charge is 0.357 e. The number of nitrogens with zero attached hydrogens (tertiary/aromatic N) is 5. The predicted octanol–water partition coefficient (Wildman–Crippen LogP) is 2.10. The summed E-state index contributed by atoms with van der Waals surface area (Å²) in [7, 11) is 1.73. The Hall–Kier alpha value is -4.41. The fourth-order valence-corrected chi connectivity index (χ4v) is 3.17. The van der Waals surface area contributed by atoms with E-state index in [4.69, 9.17) is 8.83 Å². The molecule has 0 aliphatic heterocycles. The standard InChI is InChI=1S/C20H17N5O6/c1-22-9-14(8-21-22)2-3-17-18(25(28)29)19(26)24(11-16-5-7-31-13-16)20(27)23(17)10-15-4-6-30-12-15/h2-9,12-13H,10-11H2,1H3/b3-2+. The van der Waals surface area contributed by atoms with Gasteiger partial charge in [-0.15, -0.1) is 0 Å². The third kappa shape index (κ3) is 4.01. The maximum absolute atomic E-state index is 13.2. The Bertz CT molecular complexity index is 1360. The molecule has 0 fully saturated rings. The Morgan fingerprint density at radius 1 is 1.06 bits per heavy atom. The number of aromatic nitrogens is 4. The zero-order chi connectivity index (χ0) is 22.0. The lowest BCUT2D eigenvalue weighted by molar-refractivity contribution is -0.387. The molecule has 0 atom stereocenters. The first-order valence-corrected chi connectivity index (χ1v) is 9.15. The largest absolute Gasteiger partial charge is 0.472 e. The molecule has 158 valence electrons. The Morgan fingerprint density at radius 3 is 2.23 bits per heavy atom. The third-order valence-corrected chi connectivity index (χ3v) is 4.63. The van der Waals surface area contributed by atoms with E-state index in [-0.39, 0.29) is 18.8 Å². The molecule has 0 saturated carbocycles. The van der Waals surface area contributed by atoms with Gasteiger partial charge in [-0.25, -0.2) is 9.36 Å². The summed E-state index contributed by atoms with van der Waals surface area (Å²) in [6.07, 6.45) is 11.8. The molecule has 0 bridgehead atoms. The highest BCUT2D eigenvalue weighted by Gasteiger charge is 2.27. The first kappa shape index (κ1) is 19.9. The Balaban J connectivity index is 1.94. The minimum atomic E-state index is -0.995. The summed E-state index contributed by atoms with van der Waals surface area (Å²) in [6.45, 7) is -0.179. The highest BCUT2D eigenvalue weighted by molar-refractivity contribution is 5.71. The lowest BCUT2D eigenvalue weighted by atomic mass is 10.2. The zero-order valence-electron chi connectivity index (χ0n) is 16.4. The van der Waals surface area contributed by atoms with E-state index in [0.717, 1.165) is 4.57 Å². The van der Waals surface area contributed by atoms with E-state index in [0.29, 0.717) is 16.7 Å². The zero-order valence-corrected chi connectivity index (χ0v) is 16.4. The Kier molecular flexibility index (Phi) is 5.22. The van der Waals surface area contributed by atoms with E-state index in [1.165, 1.54) is 35.7 Å². The first-order chi connectivity index (χ1) is 14.9. The van der Waals surface area contributed by atoms with Crippen molar-refractivity contribution in [2.45, 2.75) is 13.1 Å². The molecule has 11 heteroatoms. The molecule has 0 unspecified atom stereocenters. The van der Waals surface area contributed by atoms with Crippen LogP contribution in [0.5, 0.6) is 0 Å². The van der Waals surface area contributed by atoms with Crippen LogP contribution in [0.1, 0.15) is 22.4 Å². The van der Waals surface area contributed by atoms with Crippen LogP contribution < -0.4 is 11.2 Å². The van der Waals surface area contributed by atoms with Crippen molar-refractivity contribution in [1.29, 1.82) is 0 Å². The van der Waals surface area contributed by atoms with Crippen molar-refractivity contribution >= 4 is 17.8 Å². The molecule has 4 heterocycles. The maximum atomic E-state index is 13.2. The van der Waals surface area contributed by atoms with Crippen LogP contribution in [0.4, 0.5) is 5.69 Å². The first-order valence-electron chi connectivity index (χ1n) is 9.15. The lowest BCUT2D eigenvalue weighted by Crippen LogP contribution is -2.42. The number of aryl methyl sites for hydroxylation is 1. The second-order valence-corrected chi connectivity index (χ2v) is 6.79. The molecule has 0 aromatic carbocycles. The van der Waals surface area contributed by atoms with Crippen LogP contribution in [0.25, 0.3) is 12.2 Å². The quantitative estimate of drug-likeness (QED) is 0.328. The number of hydrogen-bond acceptors (Lipinski definition) is 7. The van der Waals surface area contributed by atoms with E-state index in [2.05, 4.69) is 5.10 Å². The van der Waals surface area contributed by atoms with Crippen molar-refractivity contribution in [2.24, 2.45) is 7.05 Å². The maximum Gasteiger partial charge on any atom is 0.357 e. The average molecular weight is 423 g/mol. The highest BCUT2D eigenvalue weighted by Crippen LogP contribution is 2.18. The van der Waals surface area contributed by atoms with Crippen LogP contribution in [-0.2, 0) is 20.1 Å². The summed E-state index contributed by atoms with van der Waals surface area (Å²) in [4.78, 5) is 37.3. The lowest BCUT2D eigenvalue weighted by Gasteiger charge is -2.13. The van der Waals surface area contributed by atoms with Crippen LogP contribution in [0.3, 0.4) is 0 Å². The van der Waals surface area contributed by atoms with E-state index in [1.807, 2.05) is 0 Å². The summed E-state index contributed by atoms with van der Waals surface area (Å²) >= 11 is 0. The topological polar surface area (TPSA) is 131 Å². The number of rotatable bonds is 7. The summed E-state index contributed by atoms with van der Waals surface area (Å²) in [6, 6.07) is 3.22. The molecule has 11 nitrogen and oxygen atoms in total. The predicted molar refractivity (Wildman–Crippen MR) is 109 cm³/mol. The molecule has 0 aliphatic carbocycles. The van der Waals surface area contributed by atoms with Gasteiger partial charge in [0.2, 0.25) is 0 Å². The van der Waals surface area contributed by atoms with E-state index in [9.17, 15) is 19.7 Å². The van der Waals surface area contributed by atoms with Crippen molar-refractivity contribution < 1.29 is 13.8 Å². The third-order valence-electron chi connectivity index (χ3n) is 4.63. The van der Waals surface area contributed by atoms with Gasteiger partial charge in [-0.2, -0.15) is 5.10 Å². The van der Waals surface area contributed by atoms with E-state index >= 15 is 0 Å². The molecule has 4 rings (SSSR count). The van der Waals surface area contributed by atoms with Crippen LogP contribution in [0.15, 0.2) is 68.0 Å². The molecule has 0 saturated heterocycles. The number of furan rings is 2. The molecule has 31 heavy (non-hydrogen) atoms. The average Bonchev–Trinajstić information content (AvgIpc) is 3.49. The van der Waals surface area contributed by atoms with Crippen molar-refractivity contribution in [3.63, 3.8) is 0 Å². The van der Waals surface area contributed by atoms with Crippen LogP contribution in [-0.4, -0.2) is 23.8 Å². The molecule has 0 amide bonds. The molecular weight excluding hydrogens is 406 g/mol. The normalized spacial score (nSPS) is 11.4. The molecular formula is C20H17N5O6. The van der Waals surface area contributed by atoms with Gasteiger partial charge in [0.15, 0.2) is 0 Å². The molecule has 0 radical (unpaired) electrons. The highest BCUT2D eigenvalue weighted by atomic mass is 16.6. The van der Waals surface area contributed by atoms with Gasteiger partial charge in [0.1, 0.15) is 5.69 Å².